The van der Waals surface area contributed by atoms with Crippen molar-refractivity contribution in [2.45, 2.75) is 38.3 Å². The summed E-state index contributed by atoms with van der Waals surface area (Å²) in [6.45, 7) is 4.55. The third-order valence-electron chi connectivity index (χ3n) is 3.97. The molecule has 0 aliphatic carbocycles. The van der Waals surface area contributed by atoms with Crippen LogP contribution in [-0.4, -0.2) is 47.4 Å². The molecular weight excluding hydrogens is 212 g/mol. The Morgan fingerprint density at radius 3 is 2.53 bits per heavy atom. The van der Waals surface area contributed by atoms with E-state index in [0.717, 1.165) is 12.8 Å². The molecular formula is C13H26N4. The van der Waals surface area contributed by atoms with Gasteiger partial charge < -0.3 is 10.2 Å². The summed E-state index contributed by atoms with van der Waals surface area (Å²) in [5.41, 5.74) is 1.44. The standard InChI is InChI=1S/C13H26N4/c1-13(2,16(4)5)12(14-3)8-7-11-9-10-15-17(11)6/h9-10,12,14H,7-8H2,1-6H3. The Hall–Kier alpha value is -0.870. The zero-order valence-corrected chi connectivity index (χ0v) is 12.0. The maximum atomic E-state index is 4.20. The number of hydrogen-bond donors (Lipinski definition) is 1. The van der Waals surface area contributed by atoms with Gasteiger partial charge in [0.2, 0.25) is 0 Å². The van der Waals surface area contributed by atoms with Gasteiger partial charge in [0, 0.05) is 30.5 Å². The normalized spacial score (nSPS) is 14.3. The SMILES string of the molecule is CNC(CCc1ccnn1C)C(C)(C)N(C)C. The molecule has 0 spiro atoms. The summed E-state index contributed by atoms with van der Waals surface area (Å²) >= 11 is 0. The minimum atomic E-state index is 0.146. The van der Waals surface area contributed by atoms with Crippen molar-refractivity contribution in [2.75, 3.05) is 21.1 Å². The van der Waals surface area contributed by atoms with Gasteiger partial charge in [0.15, 0.2) is 0 Å². The first-order valence-electron chi connectivity index (χ1n) is 6.21. The van der Waals surface area contributed by atoms with Gasteiger partial charge in [0.1, 0.15) is 0 Å². The smallest absolute Gasteiger partial charge is 0.0492 e. The Balaban J connectivity index is 2.62. The minimum Gasteiger partial charge on any atom is -0.315 e. The summed E-state index contributed by atoms with van der Waals surface area (Å²) in [6.07, 6.45) is 4.03. The van der Waals surface area contributed by atoms with Crippen LogP contribution >= 0.6 is 0 Å². The molecule has 4 nitrogen and oxygen atoms in total. The first-order valence-corrected chi connectivity index (χ1v) is 6.21. The second kappa shape index (κ2) is 5.65. The van der Waals surface area contributed by atoms with Gasteiger partial charge in [-0.05, 0) is 53.9 Å². The van der Waals surface area contributed by atoms with Crippen LogP contribution in [0.25, 0.3) is 0 Å². The molecule has 1 aromatic heterocycles. The van der Waals surface area contributed by atoms with Gasteiger partial charge in [-0.3, -0.25) is 4.68 Å². The number of hydrogen-bond acceptors (Lipinski definition) is 3. The lowest BCUT2D eigenvalue weighted by Crippen LogP contribution is -2.54. The van der Waals surface area contributed by atoms with Gasteiger partial charge in [0.05, 0.1) is 0 Å². The van der Waals surface area contributed by atoms with Crippen molar-refractivity contribution in [1.29, 1.82) is 0 Å². The van der Waals surface area contributed by atoms with E-state index in [1.165, 1.54) is 5.69 Å². The number of aryl methyl sites for hydroxylation is 2. The summed E-state index contributed by atoms with van der Waals surface area (Å²) in [7, 11) is 8.31. The summed E-state index contributed by atoms with van der Waals surface area (Å²) in [4.78, 5) is 2.28. The Labute approximate surface area is 105 Å². The summed E-state index contributed by atoms with van der Waals surface area (Å²) in [6, 6.07) is 2.56. The zero-order valence-electron chi connectivity index (χ0n) is 12.0. The predicted molar refractivity (Wildman–Crippen MR) is 72.1 cm³/mol. The molecule has 0 fully saturated rings. The number of nitrogens with one attached hydrogen (secondary N) is 1. The molecule has 0 saturated heterocycles. The van der Waals surface area contributed by atoms with E-state index in [-0.39, 0.29) is 5.54 Å². The van der Waals surface area contributed by atoms with Crippen molar-refractivity contribution in [3.63, 3.8) is 0 Å². The monoisotopic (exact) mass is 238 g/mol. The fraction of sp³-hybridized carbons (Fsp3) is 0.769. The molecule has 0 aliphatic heterocycles. The van der Waals surface area contributed by atoms with Crippen LogP contribution in [0.4, 0.5) is 0 Å². The van der Waals surface area contributed by atoms with Crippen LogP contribution in [0.5, 0.6) is 0 Å². The Bertz CT molecular complexity index is 341. The van der Waals surface area contributed by atoms with E-state index in [2.05, 4.69) is 49.3 Å². The van der Waals surface area contributed by atoms with Crippen LogP contribution in [0, 0.1) is 0 Å². The van der Waals surface area contributed by atoms with Crippen LogP contribution in [0.15, 0.2) is 12.3 Å². The van der Waals surface area contributed by atoms with E-state index in [1.807, 2.05) is 25.0 Å². The van der Waals surface area contributed by atoms with Crippen LogP contribution in [-0.2, 0) is 13.5 Å². The number of aromatic nitrogens is 2. The molecule has 4 heteroatoms. The molecule has 1 heterocycles. The van der Waals surface area contributed by atoms with Gasteiger partial charge in [0.25, 0.3) is 0 Å². The number of nitrogens with zero attached hydrogens (tertiary/aromatic N) is 3. The molecule has 1 aromatic rings. The highest BCUT2D eigenvalue weighted by atomic mass is 15.3. The van der Waals surface area contributed by atoms with Crippen LogP contribution in [0.1, 0.15) is 26.0 Å². The highest BCUT2D eigenvalue weighted by molar-refractivity contribution is 5.02. The predicted octanol–water partition coefficient (Wildman–Crippen LogP) is 1.28. The highest BCUT2D eigenvalue weighted by Gasteiger charge is 2.30. The maximum Gasteiger partial charge on any atom is 0.0492 e. The number of rotatable bonds is 6. The van der Waals surface area contributed by atoms with Gasteiger partial charge in [-0.25, -0.2) is 0 Å². The second-order valence-corrected chi connectivity index (χ2v) is 5.37. The molecule has 1 rings (SSSR count). The van der Waals surface area contributed by atoms with Crippen molar-refractivity contribution < 1.29 is 0 Å². The molecule has 1 atom stereocenters. The Morgan fingerprint density at radius 1 is 1.47 bits per heavy atom. The van der Waals surface area contributed by atoms with Crippen molar-refractivity contribution in [3.8, 4) is 0 Å². The minimum absolute atomic E-state index is 0.146. The first-order chi connectivity index (χ1) is 7.89. The fourth-order valence-corrected chi connectivity index (χ4v) is 2.10. The molecule has 1 unspecified atom stereocenters. The van der Waals surface area contributed by atoms with Crippen LogP contribution in [0.2, 0.25) is 0 Å². The summed E-state index contributed by atoms with van der Waals surface area (Å²) < 4.78 is 1.95. The molecule has 0 saturated carbocycles. The van der Waals surface area contributed by atoms with E-state index < -0.39 is 0 Å². The molecule has 0 radical (unpaired) electrons. The van der Waals surface area contributed by atoms with E-state index >= 15 is 0 Å². The molecule has 17 heavy (non-hydrogen) atoms. The second-order valence-electron chi connectivity index (χ2n) is 5.37. The molecule has 0 aliphatic rings. The number of likely N-dealkylation sites (N-methyl/N-ethyl adjacent to an activating group) is 2. The largest absolute Gasteiger partial charge is 0.315 e. The van der Waals surface area contributed by atoms with Crippen LogP contribution in [0.3, 0.4) is 0 Å². The van der Waals surface area contributed by atoms with E-state index in [4.69, 9.17) is 0 Å². The van der Waals surface area contributed by atoms with Gasteiger partial charge >= 0.3 is 0 Å². The molecule has 1 N–H and O–H groups in total. The average Bonchev–Trinajstić information content (AvgIpc) is 2.64. The summed E-state index contributed by atoms with van der Waals surface area (Å²) in [5, 5.41) is 7.64. The molecule has 98 valence electrons. The Morgan fingerprint density at radius 2 is 2.12 bits per heavy atom. The van der Waals surface area contributed by atoms with Gasteiger partial charge in [-0.15, -0.1) is 0 Å². The highest BCUT2D eigenvalue weighted by Crippen LogP contribution is 2.19. The van der Waals surface area contributed by atoms with E-state index in [9.17, 15) is 0 Å². The van der Waals surface area contributed by atoms with E-state index in [1.54, 1.807) is 0 Å². The van der Waals surface area contributed by atoms with Crippen LogP contribution < -0.4 is 5.32 Å². The topological polar surface area (TPSA) is 33.1 Å². The van der Waals surface area contributed by atoms with Crippen molar-refractivity contribution in [1.82, 2.24) is 20.0 Å². The lowest BCUT2D eigenvalue weighted by atomic mass is 9.89. The molecule has 0 aromatic carbocycles. The van der Waals surface area contributed by atoms with Gasteiger partial charge in [-0.1, -0.05) is 0 Å². The third-order valence-corrected chi connectivity index (χ3v) is 3.97. The van der Waals surface area contributed by atoms with Crippen molar-refractivity contribution >= 4 is 0 Å². The van der Waals surface area contributed by atoms with E-state index in [0.29, 0.717) is 6.04 Å². The quantitative estimate of drug-likeness (QED) is 0.810. The summed E-state index contributed by atoms with van der Waals surface area (Å²) in [5.74, 6) is 0. The van der Waals surface area contributed by atoms with Crippen molar-refractivity contribution in [3.05, 3.63) is 18.0 Å². The maximum absolute atomic E-state index is 4.20. The first kappa shape index (κ1) is 14.2. The lowest BCUT2D eigenvalue weighted by Gasteiger charge is -2.40. The third kappa shape index (κ3) is 3.30. The fourth-order valence-electron chi connectivity index (χ4n) is 2.10. The lowest BCUT2D eigenvalue weighted by molar-refractivity contribution is 0.136. The average molecular weight is 238 g/mol. The van der Waals surface area contributed by atoms with Crippen molar-refractivity contribution in [2.24, 2.45) is 7.05 Å². The molecule has 0 bridgehead atoms. The molecule has 0 amide bonds. The van der Waals surface area contributed by atoms with Gasteiger partial charge in [-0.2, -0.15) is 5.10 Å². The zero-order chi connectivity index (χ0) is 13.1. The Kier molecular flexibility index (Phi) is 4.71.